The molecule has 2 atom stereocenters. The third-order valence-corrected chi connectivity index (χ3v) is 7.30. The quantitative estimate of drug-likeness (QED) is 0.292. The van der Waals surface area contributed by atoms with Crippen molar-refractivity contribution in [1.82, 2.24) is 10.2 Å². The van der Waals surface area contributed by atoms with Gasteiger partial charge in [0.25, 0.3) is 0 Å². The van der Waals surface area contributed by atoms with Crippen molar-refractivity contribution >= 4 is 12.0 Å². The van der Waals surface area contributed by atoms with Gasteiger partial charge in [-0.15, -0.1) is 0 Å². The van der Waals surface area contributed by atoms with Gasteiger partial charge in [-0.2, -0.15) is 0 Å². The molecular formula is C32H49N3O2. The van der Waals surface area contributed by atoms with Crippen LogP contribution in [-0.4, -0.2) is 55.5 Å². The molecule has 0 aliphatic carbocycles. The van der Waals surface area contributed by atoms with Gasteiger partial charge in [-0.3, -0.25) is 0 Å². The number of piperidine rings is 1. The molecule has 1 aliphatic heterocycles. The van der Waals surface area contributed by atoms with Gasteiger partial charge in [-0.25, -0.2) is 0 Å². The third-order valence-electron chi connectivity index (χ3n) is 7.30. The topological polar surface area (TPSA) is 44.8 Å². The van der Waals surface area contributed by atoms with Crippen LogP contribution in [0.3, 0.4) is 0 Å². The summed E-state index contributed by atoms with van der Waals surface area (Å²) in [6.07, 6.45) is 5.53. The van der Waals surface area contributed by atoms with Crippen molar-refractivity contribution in [3.05, 3.63) is 60.2 Å². The van der Waals surface area contributed by atoms with E-state index in [9.17, 15) is 4.79 Å². The summed E-state index contributed by atoms with van der Waals surface area (Å²) in [5.41, 5.74) is 2.48. The van der Waals surface area contributed by atoms with Crippen LogP contribution in [0.1, 0.15) is 65.9 Å². The number of carbonyl (C=O) groups excluding carboxylic acids is 1. The van der Waals surface area contributed by atoms with E-state index in [1.54, 1.807) is 0 Å². The summed E-state index contributed by atoms with van der Waals surface area (Å²) in [5.74, 6) is 2.10. The van der Waals surface area contributed by atoms with Crippen molar-refractivity contribution in [2.24, 2.45) is 11.8 Å². The Morgan fingerprint density at radius 2 is 1.68 bits per heavy atom. The average Bonchev–Trinajstić information content (AvgIpc) is 2.89. The molecule has 1 fully saturated rings. The SMILES string of the molecule is CC(C)CCN(c1ccc(OCc2ccccc2)cc1)C1CCN(CC(C)CC(C=O)NC(C)C)CC1. The maximum atomic E-state index is 11.5. The molecule has 1 heterocycles. The average molecular weight is 508 g/mol. The number of nitrogens with zero attached hydrogens (tertiary/aromatic N) is 2. The molecular weight excluding hydrogens is 458 g/mol. The molecule has 0 bridgehead atoms. The van der Waals surface area contributed by atoms with Gasteiger partial charge >= 0.3 is 0 Å². The highest BCUT2D eigenvalue weighted by molar-refractivity contribution is 5.57. The number of ether oxygens (including phenoxy) is 1. The van der Waals surface area contributed by atoms with Crippen molar-refractivity contribution in [1.29, 1.82) is 0 Å². The predicted molar refractivity (Wildman–Crippen MR) is 155 cm³/mol. The molecule has 2 aromatic carbocycles. The van der Waals surface area contributed by atoms with Gasteiger partial charge in [0.15, 0.2) is 0 Å². The Balaban J connectivity index is 1.54. The van der Waals surface area contributed by atoms with Crippen molar-refractivity contribution < 1.29 is 9.53 Å². The first kappa shape index (κ1) is 29.2. The Bertz CT molecular complexity index is 892. The molecule has 37 heavy (non-hydrogen) atoms. The Labute approximate surface area is 225 Å². The fourth-order valence-corrected chi connectivity index (χ4v) is 5.35. The van der Waals surface area contributed by atoms with E-state index < -0.39 is 0 Å². The van der Waals surface area contributed by atoms with E-state index in [-0.39, 0.29) is 6.04 Å². The first-order valence-electron chi connectivity index (χ1n) is 14.3. The molecule has 3 rings (SSSR count). The van der Waals surface area contributed by atoms with E-state index in [1.165, 1.54) is 30.5 Å². The summed E-state index contributed by atoms with van der Waals surface area (Å²) in [4.78, 5) is 16.7. The maximum Gasteiger partial charge on any atom is 0.136 e. The molecule has 0 aromatic heterocycles. The number of rotatable bonds is 15. The van der Waals surface area contributed by atoms with Crippen LogP contribution in [0.15, 0.2) is 54.6 Å². The Kier molecular flexibility index (Phi) is 11.9. The lowest BCUT2D eigenvalue weighted by Crippen LogP contribution is -2.47. The Morgan fingerprint density at radius 3 is 2.27 bits per heavy atom. The van der Waals surface area contributed by atoms with E-state index in [4.69, 9.17) is 4.74 Å². The summed E-state index contributed by atoms with van der Waals surface area (Å²) in [7, 11) is 0. The first-order valence-corrected chi connectivity index (χ1v) is 14.3. The van der Waals surface area contributed by atoms with Crippen molar-refractivity contribution in [3.8, 4) is 5.75 Å². The standard InChI is InChI=1S/C32H49N3O2/c1-25(2)15-20-35(30-11-13-32(14-12-30)37-24-28-9-7-6-8-10-28)31-16-18-34(19-17-31)22-27(5)21-29(23-36)33-26(3)4/h6-14,23,25-27,29,31,33H,15-22,24H2,1-5H3. The van der Waals surface area contributed by atoms with Crippen LogP contribution >= 0.6 is 0 Å². The molecule has 1 N–H and O–H groups in total. The van der Waals surface area contributed by atoms with Crippen LogP contribution in [0, 0.1) is 11.8 Å². The number of hydrogen-bond acceptors (Lipinski definition) is 5. The number of hydrogen-bond donors (Lipinski definition) is 1. The van der Waals surface area contributed by atoms with Gasteiger partial charge in [0, 0.05) is 44.0 Å². The zero-order chi connectivity index (χ0) is 26.6. The highest BCUT2D eigenvalue weighted by Gasteiger charge is 2.26. The second-order valence-electron chi connectivity index (χ2n) is 11.6. The summed E-state index contributed by atoms with van der Waals surface area (Å²) in [5, 5.41) is 3.38. The monoisotopic (exact) mass is 507 g/mol. The molecule has 204 valence electrons. The molecule has 0 saturated carbocycles. The van der Waals surface area contributed by atoms with E-state index in [2.05, 4.69) is 86.1 Å². The molecule has 5 heteroatoms. The lowest BCUT2D eigenvalue weighted by molar-refractivity contribution is -0.110. The van der Waals surface area contributed by atoms with Gasteiger partial charge in [-0.1, -0.05) is 65.0 Å². The molecule has 0 radical (unpaired) electrons. The van der Waals surface area contributed by atoms with Gasteiger partial charge < -0.3 is 24.6 Å². The first-order chi connectivity index (χ1) is 17.8. The highest BCUT2D eigenvalue weighted by atomic mass is 16.5. The van der Waals surface area contributed by atoms with Crippen LogP contribution in [0.2, 0.25) is 0 Å². The zero-order valence-electron chi connectivity index (χ0n) is 23.7. The van der Waals surface area contributed by atoms with Gasteiger partial charge in [0.1, 0.15) is 18.6 Å². The fourth-order valence-electron chi connectivity index (χ4n) is 5.35. The van der Waals surface area contributed by atoms with Crippen molar-refractivity contribution in [3.63, 3.8) is 0 Å². The predicted octanol–water partition coefficient (Wildman–Crippen LogP) is 6.17. The van der Waals surface area contributed by atoms with Crippen LogP contribution in [0.4, 0.5) is 5.69 Å². The number of nitrogens with one attached hydrogen (secondary N) is 1. The number of anilines is 1. The van der Waals surface area contributed by atoms with Crippen LogP contribution < -0.4 is 15.0 Å². The number of aldehydes is 1. The zero-order valence-corrected chi connectivity index (χ0v) is 23.7. The van der Waals surface area contributed by atoms with Gasteiger partial charge in [0.05, 0.1) is 6.04 Å². The van der Waals surface area contributed by atoms with Crippen LogP contribution in [-0.2, 0) is 11.4 Å². The van der Waals surface area contributed by atoms with Gasteiger partial charge in [0.2, 0.25) is 0 Å². The second kappa shape index (κ2) is 15.1. The van der Waals surface area contributed by atoms with E-state index in [1.807, 2.05) is 18.2 Å². The third kappa shape index (κ3) is 10.1. The summed E-state index contributed by atoms with van der Waals surface area (Å²) in [6, 6.07) is 19.9. The summed E-state index contributed by atoms with van der Waals surface area (Å²) < 4.78 is 6.03. The molecule has 2 aromatic rings. The minimum absolute atomic E-state index is 0.0429. The smallest absolute Gasteiger partial charge is 0.136 e. The van der Waals surface area contributed by atoms with E-state index >= 15 is 0 Å². The minimum Gasteiger partial charge on any atom is -0.489 e. The van der Waals surface area contributed by atoms with Gasteiger partial charge in [-0.05, 0) is 67.3 Å². The highest BCUT2D eigenvalue weighted by Crippen LogP contribution is 2.27. The Morgan fingerprint density at radius 1 is 1.00 bits per heavy atom. The largest absolute Gasteiger partial charge is 0.489 e. The Hall–Kier alpha value is -2.37. The number of benzene rings is 2. The maximum absolute atomic E-state index is 11.5. The molecule has 5 nitrogen and oxygen atoms in total. The second-order valence-corrected chi connectivity index (χ2v) is 11.6. The molecule has 2 unspecified atom stereocenters. The van der Waals surface area contributed by atoms with Crippen molar-refractivity contribution in [2.75, 3.05) is 31.1 Å². The molecule has 1 saturated heterocycles. The molecule has 0 amide bonds. The number of carbonyl (C=O) groups is 1. The fraction of sp³-hybridized carbons (Fsp3) is 0.594. The lowest BCUT2D eigenvalue weighted by atomic mass is 9.97. The molecule has 0 spiro atoms. The van der Waals surface area contributed by atoms with Crippen LogP contribution in [0.5, 0.6) is 5.75 Å². The van der Waals surface area contributed by atoms with E-state index in [0.717, 1.165) is 44.6 Å². The lowest BCUT2D eigenvalue weighted by Gasteiger charge is -2.41. The summed E-state index contributed by atoms with van der Waals surface area (Å²) in [6.45, 7) is 16.1. The van der Waals surface area contributed by atoms with Crippen LogP contribution in [0.25, 0.3) is 0 Å². The molecule has 1 aliphatic rings. The normalized spacial score (nSPS) is 16.6. The number of likely N-dealkylation sites (tertiary alicyclic amines) is 1. The minimum atomic E-state index is -0.0429. The summed E-state index contributed by atoms with van der Waals surface area (Å²) >= 11 is 0. The van der Waals surface area contributed by atoms with E-state index in [0.29, 0.717) is 30.5 Å². The van der Waals surface area contributed by atoms with Crippen molar-refractivity contribution in [2.45, 2.75) is 85.0 Å².